The molecule has 2 aliphatic heterocycles. The SMILES string of the molecule is CP(C)(=O)Cc1ccc(-c2ccc3nc4n(c3c2)[C@@H]2C=C4NC(=O)c3cccc(OC(F)F)c32)cc1. The molecular formula is C27H22F2N3O3P. The maximum atomic E-state index is 13.2. The maximum absolute atomic E-state index is 13.2. The largest absolute Gasteiger partial charge is 0.434 e. The number of nitrogens with zero attached hydrogens (tertiary/aromatic N) is 2. The molecular weight excluding hydrogens is 483 g/mol. The van der Waals surface area contributed by atoms with E-state index in [1.807, 2.05) is 53.1 Å². The summed E-state index contributed by atoms with van der Waals surface area (Å²) in [7, 11) is -2.17. The van der Waals surface area contributed by atoms with Crippen molar-refractivity contribution in [1.29, 1.82) is 0 Å². The third kappa shape index (κ3) is 3.82. The predicted octanol–water partition coefficient (Wildman–Crippen LogP) is 6.11. The van der Waals surface area contributed by atoms with Crippen LogP contribution in [0.1, 0.15) is 33.4 Å². The summed E-state index contributed by atoms with van der Waals surface area (Å²) in [6, 6.07) is 17.9. The molecule has 0 aliphatic carbocycles. The van der Waals surface area contributed by atoms with E-state index in [4.69, 9.17) is 9.72 Å². The molecule has 0 radical (unpaired) electrons. The Morgan fingerprint density at radius 2 is 1.83 bits per heavy atom. The standard InChI is InChI=1S/C27H22F2N3O3P/c1-36(2,34)14-15-6-8-16(9-7-15)17-10-11-19-21(12-17)32-22-13-20(25(32)30-19)31-26(33)18-4-3-5-23(24(18)22)35-27(28)29/h3-13,22,27H,14H2,1-2H3,(H,31,33)/t22-/m1/s1. The third-order valence-electron chi connectivity index (χ3n) is 6.45. The van der Waals surface area contributed by atoms with Gasteiger partial charge in [-0.15, -0.1) is 0 Å². The zero-order chi connectivity index (χ0) is 25.2. The first-order chi connectivity index (χ1) is 17.2. The quantitative estimate of drug-likeness (QED) is 0.332. The van der Waals surface area contributed by atoms with Gasteiger partial charge >= 0.3 is 6.61 Å². The molecule has 6 rings (SSSR count). The van der Waals surface area contributed by atoms with Crippen LogP contribution in [0.5, 0.6) is 5.75 Å². The maximum Gasteiger partial charge on any atom is 0.387 e. The molecule has 1 N–H and O–H groups in total. The van der Waals surface area contributed by atoms with Gasteiger partial charge in [-0.25, -0.2) is 4.98 Å². The Bertz CT molecular complexity index is 1620. The number of benzene rings is 3. The highest BCUT2D eigenvalue weighted by atomic mass is 31.2. The van der Waals surface area contributed by atoms with Crippen molar-refractivity contribution in [2.45, 2.75) is 18.8 Å². The Kier molecular flexibility index (Phi) is 5.12. The first kappa shape index (κ1) is 22.7. The van der Waals surface area contributed by atoms with Crippen LogP contribution >= 0.6 is 7.14 Å². The van der Waals surface area contributed by atoms with Crippen LogP contribution in [0.4, 0.5) is 8.78 Å². The van der Waals surface area contributed by atoms with Gasteiger partial charge in [0.05, 0.1) is 29.9 Å². The van der Waals surface area contributed by atoms with E-state index in [2.05, 4.69) is 5.32 Å². The molecule has 2 bridgehead atoms. The lowest BCUT2D eigenvalue weighted by Gasteiger charge is -2.21. The van der Waals surface area contributed by atoms with E-state index in [9.17, 15) is 18.1 Å². The molecule has 0 saturated heterocycles. The molecule has 3 aromatic carbocycles. The van der Waals surface area contributed by atoms with Crippen LogP contribution in [0, 0.1) is 0 Å². The van der Waals surface area contributed by atoms with E-state index in [0.29, 0.717) is 23.2 Å². The van der Waals surface area contributed by atoms with Gasteiger partial charge in [-0.2, -0.15) is 8.78 Å². The van der Waals surface area contributed by atoms with Crippen LogP contribution < -0.4 is 10.1 Å². The van der Waals surface area contributed by atoms with E-state index in [1.54, 1.807) is 19.4 Å². The monoisotopic (exact) mass is 505 g/mol. The van der Waals surface area contributed by atoms with Gasteiger partial charge in [-0.1, -0.05) is 36.4 Å². The van der Waals surface area contributed by atoms with Gasteiger partial charge in [0, 0.05) is 17.3 Å². The minimum absolute atomic E-state index is 0.0364. The van der Waals surface area contributed by atoms with E-state index in [0.717, 1.165) is 27.7 Å². The average Bonchev–Trinajstić information content (AvgIpc) is 3.30. The number of hydrogen-bond donors (Lipinski definition) is 1. The predicted molar refractivity (Wildman–Crippen MR) is 135 cm³/mol. The summed E-state index contributed by atoms with van der Waals surface area (Å²) in [5, 5.41) is 2.87. The summed E-state index contributed by atoms with van der Waals surface area (Å²) in [6.07, 6.45) is 2.37. The van der Waals surface area contributed by atoms with Crippen LogP contribution in [-0.2, 0) is 10.7 Å². The number of carbonyl (C=O) groups excluding carboxylic acids is 1. The second kappa shape index (κ2) is 8.14. The van der Waals surface area contributed by atoms with Crippen LogP contribution in [0.3, 0.4) is 0 Å². The lowest BCUT2D eigenvalue weighted by atomic mass is 9.98. The molecule has 6 nitrogen and oxygen atoms in total. The van der Waals surface area contributed by atoms with E-state index in [-0.39, 0.29) is 17.2 Å². The van der Waals surface area contributed by atoms with Gasteiger partial charge < -0.3 is 19.2 Å². The second-order valence-corrected chi connectivity index (χ2v) is 13.0. The molecule has 0 saturated carbocycles. The Morgan fingerprint density at radius 1 is 1.08 bits per heavy atom. The smallest absolute Gasteiger partial charge is 0.387 e. The molecule has 0 spiro atoms. The molecule has 182 valence electrons. The topological polar surface area (TPSA) is 73.2 Å². The number of amides is 1. The summed E-state index contributed by atoms with van der Waals surface area (Å²) in [5.41, 5.74) is 5.70. The van der Waals surface area contributed by atoms with Crippen molar-refractivity contribution in [3.05, 3.63) is 89.3 Å². The molecule has 1 aromatic heterocycles. The highest BCUT2D eigenvalue weighted by molar-refractivity contribution is 7.61. The summed E-state index contributed by atoms with van der Waals surface area (Å²) in [4.78, 5) is 17.6. The van der Waals surface area contributed by atoms with Crippen molar-refractivity contribution in [2.24, 2.45) is 0 Å². The third-order valence-corrected chi connectivity index (χ3v) is 7.58. The molecule has 3 heterocycles. The lowest BCUT2D eigenvalue weighted by Crippen LogP contribution is -2.25. The van der Waals surface area contributed by atoms with Gasteiger partial charge in [0.25, 0.3) is 5.91 Å². The van der Waals surface area contributed by atoms with Gasteiger partial charge in [0.15, 0.2) is 5.82 Å². The van der Waals surface area contributed by atoms with Crippen molar-refractivity contribution < 1.29 is 22.9 Å². The minimum Gasteiger partial charge on any atom is -0.434 e. The Morgan fingerprint density at radius 3 is 2.56 bits per heavy atom. The normalized spacial score (nSPS) is 16.4. The van der Waals surface area contributed by atoms with Crippen LogP contribution in [0.25, 0.3) is 27.9 Å². The molecule has 1 atom stereocenters. The fourth-order valence-electron chi connectivity index (χ4n) is 5.04. The highest BCUT2D eigenvalue weighted by Gasteiger charge is 2.37. The molecule has 36 heavy (non-hydrogen) atoms. The molecule has 0 fully saturated rings. The number of fused-ring (bicyclic) bond motifs is 8. The summed E-state index contributed by atoms with van der Waals surface area (Å²) >= 11 is 0. The first-order valence-corrected chi connectivity index (χ1v) is 14.2. The van der Waals surface area contributed by atoms with Crippen molar-refractivity contribution in [1.82, 2.24) is 14.9 Å². The molecule has 4 aromatic rings. The van der Waals surface area contributed by atoms with E-state index < -0.39 is 19.8 Å². The summed E-state index contributed by atoms with van der Waals surface area (Å²) in [6.45, 7) is 0.539. The number of aromatic nitrogens is 2. The number of halogens is 2. The second-order valence-electron chi connectivity index (χ2n) is 9.51. The Balaban J connectivity index is 1.47. The number of rotatable bonds is 5. The average molecular weight is 505 g/mol. The molecule has 1 amide bonds. The number of carbonyl (C=O) groups is 1. The van der Waals surface area contributed by atoms with Crippen LogP contribution in [-0.4, -0.2) is 35.4 Å². The van der Waals surface area contributed by atoms with Gasteiger partial charge in [-0.05, 0) is 60.4 Å². The number of allylic oxidation sites excluding steroid dienone is 1. The Labute approximate surface area is 206 Å². The fourth-order valence-corrected chi connectivity index (χ4v) is 6.13. The van der Waals surface area contributed by atoms with Crippen LogP contribution in [0.15, 0.2) is 66.7 Å². The number of alkyl halides is 2. The molecule has 0 unspecified atom stereocenters. The number of nitrogens with one attached hydrogen (secondary N) is 1. The highest BCUT2D eigenvalue weighted by Crippen LogP contribution is 2.44. The number of hydrogen-bond acceptors (Lipinski definition) is 4. The Hall–Kier alpha value is -3.77. The number of ether oxygens (including phenoxy) is 1. The number of imidazole rings is 1. The molecule has 2 aliphatic rings. The van der Waals surface area contributed by atoms with Gasteiger partial charge in [0.2, 0.25) is 0 Å². The zero-order valence-corrected chi connectivity index (χ0v) is 20.4. The lowest BCUT2D eigenvalue weighted by molar-refractivity contribution is -0.0506. The van der Waals surface area contributed by atoms with Gasteiger partial charge in [0.1, 0.15) is 5.75 Å². The minimum atomic E-state index is -3.02. The van der Waals surface area contributed by atoms with Crippen molar-refractivity contribution in [2.75, 3.05) is 13.3 Å². The zero-order valence-electron chi connectivity index (χ0n) is 19.5. The van der Waals surface area contributed by atoms with Crippen LogP contribution in [0.2, 0.25) is 0 Å². The van der Waals surface area contributed by atoms with Crippen molar-refractivity contribution in [3.63, 3.8) is 0 Å². The van der Waals surface area contributed by atoms with Gasteiger partial charge in [-0.3, -0.25) is 4.79 Å². The fraction of sp³-hybridized carbons (Fsp3) is 0.185. The summed E-state index contributed by atoms with van der Waals surface area (Å²) < 4.78 is 45.4. The first-order valence-electron chi connectivity index (χ1n) is 11.4. The summed E-state index contributed by atoms with van der Waals surface area (Å²) in [5.74, 6) is 0.141. The van der Waals surface area contributed by atoms with Crippen molar-refractivity contribution in [3.8, 4) is 16.9 Å². The molecule has 9 heteroatoms. The van der Waals surface area contributed by atoms with E-state index in [1.165, 1.54) is 12.1 Å². The van der Waals surface area contributed by atoms with Crippen molar-refractivity contribution >= 4 is 29.8 Å². The van der Waals surface area contributed by atoms with E-state index >= 15 is 0 Å².